The van der Waals surface area contributed by atoms with Crippen LogP contribution in [0.4, 0.5) is 18.9 Å². The number of nitrogens with two attached hydrogens (primary N) is 1. The molecule has 9 heteroatoms. The number of aliphatic hydroxyl groups excluding tert-OH is 1. The van der Waals surface area contributed by atoms with E-state index in [-0.39, 0.29) is 17.8 Å². The van der Waals surface area contributed by atoms with Gasteiger partial charge in [0.05, 0.1) is 29.9 Å². The lowest BCUT2D eigenvalue weighted by atomic mass is 9.95. The summed E-state index contributed by atoms with van der Waals surface area (Å²) in [4.78, 5) is 0. The Balaban J connectivity index is 1.55. The Morgan fingerprint density at radius 1 is 1.18 bits per heavy atom. The first-order chi connectivity index (χ1) is 16.3. The van der Waals surface area contributed by atoms with Gasteiger partial charge in [0.1, 0.15) is 6.54 Å². The van der Waals surface area contributed by atoms with Crippen molar-refractivity contribution in [2.45, 2.75) is 74.7 Å². The quantitative estimate of drug-likeness (QED) is 0.270. The number of nitrogens with one attached hydrogen (secondary N) is 2. The van der Waals surface area contributed by atoms with Crippen molar-refractivity contribution >= 4 is 28.5 Å². The Hall–Kier alpha value is -2.12. The molecule has 5 N–H and O–H groups in total. The average molecular weight is 493 g/mol. The molecule has 184 valence electrons. The Morgan fingerprint density at radius 2 is 1.97 bits per heavy atom. The summed E-state index contributed by atoms with van der Waals surface area (Å²) in [5.74, 6) is 5.86. The van der Waals surface area contributed by atoms with Crippen molar-refractivity contribution in [3.05, 3.63) is 42.1 Å². The number of benzene rings is 1. The molecule has 34 heavy (non-hydrogen) atoms. The third-order valence-electron chi connectivity index (χ3n) is 6.49. The summed E-state index contributed by atoms with van der Waals surface area (Å²) < 4.78 is 41.4. The Bertz CT molecular complexity index is 1070. The number of halogens is 3. The molecule has 3 unspecified atom stereocenters. The van der Waals surface area contributed by atoms with Gasteiger partial charge in [0.2, 0.25) is 0 Å². The molecule has 2 aromatic rings. The highest BCUT2D eigenvalue weighted by atomic mass is 32.2. The number of hydrogen-bond acceptors (Lipinski definition) is 5. The minimum Gasteiger partial charge on any atom is -0.391 e. The summed E-state index contributed by atoms with van der Waals surface area (Å²) in [7, 11) is 0. The summed E-state index contributed by atoms with van der Waals surface area (Å²) in [6, 6.07) is 7.27. The molecule has 0 aliphatic heterocycles. The summed E-state index contributed by atoms with van der Waals surface area (Å²) in [6.07, 6.45) is 5.13. The maximum absolute atomic E-state index is 13.4. The van der Waals surface area contributed by atoms with E-state index in [9.17, 15) is 18.3 Å². The molecule has 4 rings (SSSR count). The second-order valence-electron chi connectivity index (χ2n) is 9.02. The Kier molecular flexibility index (Phi) is 8.14. The zero-order valence-electron chi connectivity index (χ0n) is 18.9. The molecular formula is C25H31F3N4OS. The van der Waals surface area contributed by atoms with Gasteiger partial charge in [0.25, 0.3) is 0 Å². The lowest BCUT2D eigenvalue weighted by Crippen LogP contribution is -2.42. The monoisotopic (exact) mass is 492 g/mol. The molecule has 1 saturated carbocycles. The smallest absolute Gasteiger partial charge is 0.391 e. The second-order valence-corrected chi connectivity index (χ2v) is 9.90. The highest BCUT2D eigenvalue weighted by Gasteiger charge is 2.30. The molecule has 0 radical (unpaired) electrons. The van der Waals surface area contributed by atoms with Gasteiger partial charge >= 0.3 is 6.18 Å². The topological polar surface area (TPSA) is 75.2 Å². The zero-order valence-corrected chi connectivity index (χ0v) is 19.8. The molecule has 5 nitrogen and oxygen atoms in total. The van der Waals surface area contributed by atoms with Crippen LogP contribution in [0.25, 0.3) is 10.9 Å². The minimum atomic E-state index is -4.36. The van der Waals surface area contributed by atoms with Crippen LogP contribution in [0.2, 0.25) is 0 Å². The van der Waals surface area contributed by atoms with Crippen LogP contribution < -0.4 is 15.8 Å². The van der Waals surface area contributed by atoms with Gasteiger partial charge in [-0.1, -0.05) is 55.3 Å². The summed E-state index contributed by atoms with van der Waals surface area (Å²) in [6.45, 7) is -0.851. The number of nitrogens with zero attached hydrogens (tertiary/aromatic N) is 1. The van der Waals surface area contributed by atoms with Crippen molar-refractivity contribution in [2.75, 3.05) is 11.9 Å². The number of aliphatic hydroxyl groups is 1. The molecular weight excluding hydrogens is 461 g/mol. The molecule has 2 aliphatic carbocycles. The minimum absolute atomic E-state index is 0.0774. The molecule has 0 bridgehead atoms. The molecule has 3 atom stereocenters. The lowest BCUT2D eigenvalue weighted by Gasteiger charge is -2.27. The van der Waals surface area contributed by atoms with Crippen LogP contribution in [-0.2, 0) is 6.54 Å². The zero-order chi connectivity index (χ0) is 24.1. The van der Waals surface area contributed by atoms with E-state index in [0.717, 1.165) is 23.9 Å². The number of anilines is 1. The normalized spacial score (nSPS) is 23.6. The van der Waals surface area contributed by atoms with Gasteiger partial charge in [0.15, 0.2) is 0 Å². The van der Waals surface area contributed by atoms with Crippen molar-refractivity contribution in [1.29, 1.82) is 0 Å². The maximum atomic E-state index is 13.4. The van der Waals surface area contributed by atoms with Crippen LogP contribution in [0, 0.1) is 11.8 Å². The predicted molar refractivity (Wildman–Crippen MR) is 132 cm³/mol. The number of aromatic nitrogens is 1. The lowest BCUT2D eigenvalue weighted by molar-refractivity contribution is -0.140. The Labute approximate surface area is 202 Å². The van der Waals surface area contributed by atoms with Gasteiger partial charge in [-0.3, -0.25) is 10.5 Å². The van der Waals surface area contributed by atoms with Gasteiger partial charge in [-0.2, -0.15) is 13.2 Å². The standard InChI is InChI=1S/C25H31F3N4OS/c26-25(27,28)16-32-18(8-5-13-30-22-12-11-19(34-29)15-24(22)33)14-20-21(9-4-10-23(20)32)31-17-6-2-1-3-7-17/h4,9-12,14,17,19,22,24,30-31,33H,1-3,6-7,13,15-16,29H2. The van der Waals surface area contributed by atoms with Gasteiger partial charge in [0, 0.05) is 22.4 Å². The molecule has 0 amide bonds. The summed E-state index contributed by atoms with van der Waals surface area (Å²) in [5.41, 5.74) is 1.70. The first-order valence-electron chi connectivity index (χ1n) is 11.7. The van der Waals surface area contributed by atoms with Crippen molar-refractivity contribution in [3.63, 3.8) is 0 Å². The summed E-state index contributed by atoms with van der Waals surface area (Å²) in [5, 5.41) is 23.4. The van der Waals surface area contributed by atoms with Crippen LogP contribution in [0.5, 0.6) is 0 Å². The molecule has 1 heterocycles. The van der Waals surface area contributed by atoms with Crippen LogP contribution >= 0.6 is 11.9 Å². The van der Waals surface area contributed by atoms with Crippen LogP contribution in [0.1, 0.15) is 44.2 Å². The van der Waals surface area contributed by atoms with Crippen molar-refractivity contribution in [3.8, 4) is 11.8 Å². The Morgan fingerprint density at radius 3 is 2.68 bits per heavy atom. The van der Waals surface area contributed by atoms with E-state index < -0.39 is 18.8 Å². The summed E-state index contributed by atoms with van der Waals surface area (Å²) >= 11 is 1.19. The van der Waals surface area contributed by atoms with Crippen LogP contribution in [0.15, 0.2) is 36.4 Å². The maximum Gasteiger partial charge on any atom is 0.406 e. The number of fused-ring (bicyclic) bond motifs is 1. The molecule has 0 saturated heterocycles. The van der Waals surface area contributed by atoms with Crippen LogP contribution in [0.3, 0.4) is 0 Å². The van der Waals surface area contributed by atoms with Crippen molar-refractivity contribution in [1.82, 2.24) is 9.88 Å². The van der Waals surface area contributed by atoms with E-state index >= 15 is 0 Å². The molecule has 0 spiro atoms. The molecule has 2 aliphatic rings. The van der Waals surface area contributed by atoms with E-state index in [4.69, 9.17) is 5.14 Å². The fourth-order valence-electron chi connectivity index (χ4n) is 4.77. The van der Waals surface area contributed by atoms with Crippen molar-refractivity contribution < 1.29 is 18.3 Å². The third-order valence-corrected chi connectivity index (χ3v) is 7.19. The first kappa shape index (κ1) is 25.0. The van der Waals surface area contributed by atoms with Gasteiger partial charge in [-0.15, -0.1) is 0 Å². The SMILES string of the molecule is NSC1C=CC(NCC#Cc2cc3c(NC4CCCCC4)cccc3n2CC(F)(F)F)C(O)C1. The number of rotatable bonds is 6. The van der Waals surface area contributed by atoms with Gasteiger partial charge < -0.3 is 15.0 Å². The first-order valence-corrected chi connectivity index (χ1v) is 12.7. The largest absolute Gasteiger partial charge is 0.406 e. The van der Waals surface area contributed by atoms with E-state index in [1.165, 1.54) is 35.8 Å². The van der Waals surface area contributed by atoms with E-state index in [1.54, 1.807) is 18.2 Å². The predicted octanol–water partition coefficient (Wildman–Crippen LogP) is 4.55. The molecule has 1 aromatic heterocycles. The highest BCUT2D eigenvalue weighted by molar-refractivity contribution is 7.97. The van der Waals surface area contributed by atoms with E-state index in [2.05, 4.69) is 22.5 Å². The number of hydrogen-bond donors (Lipinski definition) is 4. The van der Waals surface area contributed by atoms with Crippen molar-refractivity contribution in [2.24, 2.45) is 5.14 Å². The second kappa shape index (κ2) is 11.1. The van der Waals surface area contributed by atoms with Gasteiger partial charge in [-0.25, -0.2) is 0 Å². The molecule has 1 aromatic carbocycles. The fraction of sp³-hybridized carbons (Fsp3) is 0.520. The van der Waals surface area contributed by atoms with E-state index in [0.29, 0.717) is 23.7 Å². The van der Waals surface area contributed by atoms with Gasteiger partial charge in [-0.05, 0) is 43.4 Å². The number of alkyl halides is 3. The van der Waals surface area contributed by atoms with Crippen LogP contribution in [-0.4, -0.2) is 45.8 Å². The highest BCUT2D eigenvalue weighted by Crippen LogP contribution is 2.32. The average Bonchev–Trinajstić information content (AvgIpc) is 3.15. The molecule has 1 fully saturated rings. The van der Waals surface area contributed by atoms with E-state index in [1.807, 2.05) is 18.2 Å². The fourth-order valence-corrected chi connectivity index (χ4v) is 5.26. The third kappa shape index (κ3) is 6.30.